The third-order valence-corrected chi connectivity index (χ3v) is 3.40. The summed E-state index contributed by atoms with van der Waals surface area (Å²) in [6.07, 6.45) is -0.0140. The number of hydrogen-bond acceptors (Lipinski definition) is 4. The van der Waals surface area contributed by atoms with Gasteiger partial charge in [0.05, 0.1) is 12.5 Å². The van der Waals surface area contributed by atoms with Crippen LogP contribution in [0.1, 0.15) is 40.0 Å². The molecule has 0 radical (unpaired) electrons. The van der Waals surface area contributed by atoms with E-state index in [1.807, 2.05) is 6.07 Å². The second-order valence-electron chi connectivity index (χ2n) is 6.00. The molecule has 1 atom stereocenters. The zero-order valence-electron chi connectivity index (χ0n) is 14.3. The van der Waals surface area contributed by atoms with Crippen molar-refractivity contribution in [2.75, 3.05) is 5.32 Å². The minimum atomic E-state index is -0.895. The maximum atomic E-state index is 12.2. The Morgan fingerprint density at radius 2 is 1.58 bits per heavy atom. The number of hydrogen-bond donors (Lipinski definition) is 2. The van der Waals surface area contributed by atoms with Gasteiger partial charge in [-0.2, -0.15) is 0 Å². The molecule has 0 aromatic heterocycles. The molecule has 6 nitrogen and oxygen atoms in total. The van der Waals surface area contributed by atoms with Gasteiger partial charge in [-0.1, -0.05) is 32.0 Å². The summed E-state index contributed by atoms with van der Waals surface area (Å²) in [5, 5.41) is 5.26. The predicted octanol–water partition coefficient (Wildman–Crippen LogP) is 2.09. The Hall–Kier alpha value is -2.50. The number of amides is 2. The van der Waals surface area contributed by atoms with Gasteiger partial charge in [0, 0.05) is 24.4 Å². The van der Waals surface area contributed by atoms with Crippen molar-refractivity contribution in [3.05, 3.63) is 30.3 Å². The van der Waals surface area contributed by atoms with E-state index < -0.39 is 11.9 Å². The molecule has 0 aliphatic rings. The number of nitrogens with one attached hydrogen (secondary N) is 2. The molecule has 0 aliphatic heterocycles. The molecule has 24 heavy (non-hydrogen) atoms. The Morgan fingerprint density at radius 3 is 2.12 bits per heavy atom. The lowest BCUT2D eigenvalue weighted by molar-refractivity contribution is -0.131. The maximum Gasteiger partial charge on any atom is 0.226 e. The van der Waals surface area contributed by atoms with Crippen LogP contribution >= 0.6 is 0 Å². The van der Waals surface area contributed by atoms with Crippen molar-refractivity contribution in [2.45, 2.75) is 46.1 Å². The van der Waals surface area contributed by atoms with Crippen LogP contribution in [0.2, 0.25) is 0 Å². The highest BCUT2D eigenvalue weighted by Gasteiger charge is 2.25. The molecule has 6 heteroatoms. The van der Waals surface area contributed by atoms with Gasteiger partial charge >= 0.3 is 0 Å². The van der Waals surface area contributed by atoms with Crippen LogP contribution in [0.3, 0.4) is 0 Å². The van der Waals surface area contributed by atoms with E-state index >= 15 is 0 Å². The van der Waals surface area contributed by atoms with Gasteiger partial charge in [0.25, 0.3) is 0 Å². The summed E-state index contributed by atoms with van der Waals surface area (Å²) in [7, 11) is 0. The highest BCUT2D eigenvalue weighted by molar-refractivity contribution is 5.98. The largest absolute Gasteiger partial charge is 0.346 e. The summed E-state index contributed by atoms with van der Waals surface area (Å²) in [5.74, 6) is -1.38. The lowest BCUT2D eigenvalue weighted by atomic mass is 9.98. The summed E-state index contributed by atoms with van der Waals surface area (Å²) >= 11 is 0. The molecule has 1 unspecified atom stereocenters. The fourth-order valence-electron chi connectivity index (χ4n) is 2.10. The predicted molar refractivity (Wildman–Crippen MR) is 91.4 cm³/mol. The zero-order chi connectivity index (χ0) is 18.1. The number of benzene rings is 1. The molecule has 0 fully saturated rings. The average molecular weight is 332 g/mol. The number of anilines is 1. The van der Waals surface area contributed by atoms with Gasteiger partial charge in [-0.25, -0.2) is 0 Å². The third-order valence-electron chi connectivity index (χ3n) is 3.40. The summed E-state index contributed by atoms with van der Waals surface area (Å²) in [6, 6.07) is 7.99. The van der Waals surface area contributed by atoms with Gasteiger partial charge in [0.1, 0.15) is 5.78 Å². The fourth-order valence-corrected chi connectivity index (χ4v) is 2.10. The maximum absolute atomic E-state index is 12.2. The van der Waals surface area contributed by atoms with Crippen LogP contribution in [0.4, 0.5) is 5.69 Å². The first-order chi connectivity index (χ1) is 11.3. The van der Waals surface area contributed by atoms with Crippen LogP contribution in [0.15, 0.2) is 30.3 Å². The van der Waals surface area contributed by atoms with Crippen LogP contribution in [0, 0.1) is 5.92 Å². The molecule has 1 aromatic carbocycles. The Bertz CT molecular complexity index is 596. The number of ketones is 2. The van der Waals surface area contributed by atoms with E-state index in [1.54, 1.807) is 38.1 Å². The molecule has 0 aliphatic carbocycles. The molecule has 0 saturated carbocycles. The smallest absolute Gasteiger partial charge is 0.226 e. The van der Waals surface area contributed by atoms with Crippen LogP contribution in [-0.2, 0) is 19.2 Å². The van der Waals surface area contributed by atoms with Gasteiger partial charge in [-0.15, -0.1) is 0 Å². The lowest BCUT2D eigenvalue weighted by Crippen LogP contribution is -2.44. The molecule has 0 bridgehead atoms. The van der Waals surface area contributed by atoms with E-state index in [-0.39, 0.29) is 42.7 Å². The van der Waals surface area contributed by atoms with Crippen molar-refractivity contribution in [1.29, 1.82) is 0 Å². The Balaban J connectivity index is 2.68. The third kappa shape index (κ3) is 7.17. The second-order valence-corrected chi connectivity index (χ2v) is 6.00. The van der Waals surface area contributed by atoms with E-state index in [9.17, 15) is 19.2 Å². The number of rotatable bonds is 9. The topological polar surface area (TPSA) is 92.3 Å². The van der Waals surface area contributed by atoms with E-state index in [0.717, 1.165) is 0 Å². The molecular formula is C18H24N2O4. The van der Waals surface area contributed by atoms with Crippen molar-refractivity contribution < 1.29 is 19.2 Å². The zero-order valence-corrected chi connectivity index (χ0v) is 14.3. The van der Waals surface area contributed by atoms with E-state index in [0.29, 0.717) is 5.69 Å². The molecule has 130 valence electrons. The van der Waals surface area contributed by atoms with Gasteiger partial charge in [-0.3, -0.25) is 14.4 Å². The minimum Gasteiger partial charge on any atom is -0.346 e. The normalized spacial score (nSPS) is 11.7. The van der Waals surface area contributed by atoms with Crippen LogP contribution in [0.25, 0.3) is 0 Å². The molecule has 0 heterocycles. The van der Waals surface area contributed by atoms with E-state index in [2.05, 4.69) is 10.6 Å². The van der Waals surface area contributed by atoms with Crippen molar-refractivity contribution in [3.8, 4) is 0 Å². The van der Waals surface area contributed by atoms with Crippen molar-refractivity contribution in [2.24, 2.45) is 5.92 Å². The summed E-state index contributed by atoms with van der Waals surface area (Å²) in [5.41, 5.74) is 0.626. The molecule has 1 aromatic rings. The minimum absolute atomic E-state index is 0.0114. The van der Waals surface area contributed by atoms with Gasteiger partial charge < -0.3 is 15.4 Å². The van der Waals surface area contributed by atoms with E-state index in [1.165, 1.54) is 6.92 Å². The quantitative estimate of drug-likeness (QED) is 0.724. The first-order valence-electron chi connectivity index (χ1n) is 7.97. The average Bonchev–Trinajstić information content (AvgIpc) is 2.52. The SMILES string of the molecule is CC(=O)CCC(=O)NC(CC(=O)Nc1ccccc1)C(=O)C(C)C. The Labute approximate surface area is 142 Å². The molecule has 2 N–H and O–H groups in total. The number of Topliss-reactive ketones (excluding diaryl/α,β-unsaturated/α-hetero) is 2. The van der Waals surface area contributed by atoms with E-state index in [4.69, 9.17) is 0 Å². The van der Waals surface area contributed by atoms with Crippen molar-refractivity contribution in [1.82, 2.24) is 5.32 Å². The van der Waals surface area contributed by atoms with Crippen LogP contribution in [-0.4, -0.2) is 29.4 Å². The Kier molecular flexibility index (Phi) is 7.82. The second kappa shape index (κ2) is 9.60. The fraction of sp³-hybridized carbons (Fsp3) is 0.444. The summed E-state index contributed by atoms with van der Waals surface area (Å²) in [6.45, 7) is 4.83. The first-order valence-corrected chi connectivity index (χ1v) is 7.97. The first kappa shape index (κ1) is 19.5. The Morgan fingerprint density at radius 1 is 0.958 bits per heavy atom. The van der Waals surface area contributed by atoms with Gasteiger partial charge in [0.2, 0.25) is 11.8 Å². The van der Waals surface area contributed by atoms with Crippen LogP contribution < -0.4 is 10.6 Å². The number of carbonyl (C=O) groups excluding carboxylic acids is 4. The standard InChI is InChI=1S/C18H24N2O4/c1-12(2)18(24)15(20-16(22)10-9-13(3)21)11-17(23)19-14-7-5-4-6-8-14/h4-8,12,15H,9-11H2,1-3H3,(H,19,23)(H,20,22). The van der Waals surface area contributed by atoms with Gasteiger partial charge in [0.15, 0.2) is 5.78 Å². The van der Waals surface area contributed by atoms with Gasteiger partial charge in [-0.05, 0) is 19.1 Å². The highest BCUT2D eigenvalue weighted by Crippen LogP contribution is 2.09. The molecular weight excluding hydrogens is 308 g/mol. The van der Waals surface area contributed by atoms with Crippen molar-refractivity contribution in [3.63, 3.8) is 0 Å². The molecule has 0 saturated heterocycles. The number of carbonyl (C=O) groups is 4. The monoisotopic (exact) mass is 332 g/mol. The molecule has 2 amide bonds. The van der Waals surface area contributed by atoms with Crippen molar-refractivity contribution >= 4 is 29.1 Å². The molecule has 1 rings (SSSR count). The van der Waals surface area contributed by atoms with Crippen LogP contribution in [0.5, 0.6) is 0 Å². The molecule has 0 spiro atoms. The lowest BCUT2D eigenvalue weighted by Gasteiger charge is -2.19. The summed E-state index contributed by atoms with van der Waals surface area (Å²) in [4.78, 5) is 47.2. The summed E-state index contributed by atoms with van der Waals surface area (Å²) < 4.78 is 0. The highest BCUT2D eigenvalue weighted by atomic mass is 16.2. The number of para-hydroxylation sites is 1.